The lowest BCUT2D eigenvalue weighted by molar-refractivity contribution is -0.137. The second-order valence-corrected chi connectivity index (χ2v) is 11.2. The van der Waals surface area contributed by atoms with E-state index in [-0.39, 0.29) is 33.7 Å². The zero-order valence-corrected chi connectivity index (χ0v) is 27.2. The lowest BCUT2D eigenvalue weighted by Crippen LogP contribution is -2.40. The zero-order chi connectivity index (χ0) is 35.4. The van der Waals surface area contributed by atoms with Crippen LogP contribution < -0.4 is 20.7 Å². The molecule has 0 fully saturated rings. The molecule has 11 nitrogen and oxygen atoms in total. The van der Waals surface area contributed by atoms with Crippen molar-refractivity contribution in [1.29, 1.82) is 0 Å². The number of amides is 1. The number of hydrogen-bond acceptors (Lipinski definition) is 10. The zero-order valence-electron chi connectivity index (χ0n) is 26.4. The van der Waals surface area contributed by atoms with Crippen molar-refractivity contribution in [1.82, 2.24) is 29.9 Å². The van der Waals surface area contributed by atoms with Crippen molar-refractivity contribution in [3.8, 4) is 34.1 Å². The molecule has 4 heterocycles. The molecular formula is C35H27ClF3N9O2. The van der Waals surface area contributed by atoms with Crippen LogP contribution in [0.15, 0.2) is 104 Å². The summed E-state index contributed by atoms with van der Waals surface area (Å²) in [6.45, 7) is 1.78. The number of carbonyl (C=O) groups excluding carboxylic acids is 1. The number of aryl methyl sites for hydroxylation is 1. The number of nitrogens with one attached hydrogen (secondary N) is 1. The van der Waals surface area contributed by atoms with E-state index < -0.39 is 23.8 Å². The molecular weight excluding hydrogens is 671 g/mol. The van der Waals surface area contributed by atoms with E-state index in [1.165, 1.54) is 49.2 Å². The number of anilines is 2. The second-order valence-electron chi connectivity index (χ2n) is 10.8. The van der Waals surface area contributed by atoms with Gasteiger partial charge in [0, 0.05) is 42.3 Å². The number of hydrogen-bond donors (Lipinski definition) is 2. The molecule has 4 aromatic heterocycles. The van der Waals surface area contributed by atoms with Crippen molar-refractivity contribution in [2.45, 2.75) is 19.3 Å². The summed E-state index contributed by atoms with van der Waals surface area (Å²) in [6.07, 6.45) is -0.362. The van der Waals surface area contributed by atoms with E-state index in [4.69, 9.17) is 22.1 Å². The van der Waals surface area contributed by atoms with Gasteiger partial charge in [0.2, 0.25) is 5.88 Å². The van der Waals surface area contributed by atoms with Gasteiger partial charge in [0.15, 0.2) is 0 Å². The summed E-state index contributed by atoms with van der Waals surface area (Å²) in [7, 11) is 1.73. The summed E-state index contributed by atoms with van der Waals surface area (Å²) < 4.78 is 47.8. The van der Waals surface area contributed by atoms with E-state index >= 15 is 0 Å². The molecule has 0 aliphatic rings. The molecule has 0 spiro atoms. The number of alkyl halides is 3. The minimum Gasteiger partial charge on any atom is -0.438 e. The van der Waals surface area contributed by atoms with Gasteiger partial charge in [-0.15, -0.1) is 0 Å². The molecule has 1 atom stereocenters. The van der Waals surface area contributed by atoms with Gasteiger partial charge in [-0.3, -0.25) is 9.69 Å². The summed E-state index contributed by atoms with van der Waals surface area (Å²) in [5.74, 6) is 0.331. The maximum absolute atomic E-state index is 14.4. The largest absolute Gasteiger partial charge is 0.438 e. The van der Waals surface area contributed by atoms with Gasteiger partial charge in [-0.1, -0.05) is 23.7 Å². The predicted molar refractivity (Wildman–Crippen MR) is 182 cm³/mol. The number of nitrogens with zero attached hydrogens (tertiary/aromatic N) is 7. The first-order valence-electron chi connectivity index (χ1n) is 15.0. The van der Waals surface area contributed by atoms with Crippen LogP contribution in [0.1, 0.15) is 33.3 Å². The third-order valence-corrected chi connectivity index (χ3v) is 7.89. The minimum absolute atomic E-state index is 0.0695. The molecule has 0 aliphatic carbocycles. The summed E-state index contributed by atoms with van der Waals surface area (Å²) in [5, 5.41) is 3.13. The highest BCUT2D eigenvalue weighted by Crippen LogP contribution is 2.36. The van der Waals surface area contributed by atoms with E-state index in [1.807, 2.05) is 0 Å². The monoisotopic (exact) mass is 697 g/mol. The third-order valence-electron chi connectivity index (χ3n) is 7.59. The van der Waals surface area contributed by atoms with E-state index in [1.54, 1.807) is 56.6 Å². The topological polar surface area (TPSA) is 145 Å². The molecule has 1 unspecified atom stereocenters. The highest BCUT2D eigenvalue weighted by Gasteiger charge is 2.33. The van der Waals surface area contributed by atoms with E-state index in [2.05, 4.69) is 35.2 Å². The average Bonchev–Trinajstić information content (AvgIpc) is 3.13. The Morgan fingerprint density at radius 2 is 1.58 bits per heavy atom. The first kappa shape index (κ1) is 33.9. The van der Waals surface area contributed by atoms with Crippen LogP contribution in [0.3, 0.4) is 0 Å². The number of aromatic nitrogens is 6. The Balaban J connectivity index is 1.41. The predicted octanol–water partition coefficient (Wildman–Crippen LogP) is 7.51. The molecule has 0 saturated heterocycles. The number of halogens is 4. The fourth-order valence-corrected chi connectivity index (χ4v) is 5.24. The number of nitrogens with two attached hydrogens (primary N) is 1. The van der Waals surface area contributed by atoms with E-state index in [0.29, 0.717) is 33.9 Å². The van der Waals surface area contributed by atoms with Gasteiger partial charge in [-0.2, -0.15) is 13.2 Å². The summed E-state index contributed by atoms with van der Waals surface area (Å²) in [6, 6.07) is 19.1. The Kier molecular flexibility index (Phi) is 9.65. The van der Waals surface area contributed by atoms with Gasteiger partial charge < -0.3 is 15.8 Å². The van der Waals surface area contributed by atoms with Crippen molar-refractivity contribution < 1.29 is 22.7 Å². The van der Waals surface area contributed by atoms with Crippen molar-refractivity contribution in [3.63, 3.8) is 0 Å². The maximum Gasteiger partial charge on any atom is 0.416 e. The van der Waals surface area contributed by atoms with Crippen LogP contribution in [-0.4, -0.2) is 42.9 Å². The molecule has 2 aromatic carbocycles. The molecule has 6 aromatic rings. The molecule has 3 N–H and O–H groups in total. The van der Waals surface area contributed by atoms with Crippen molar-refractivity contribution in [2.75, 3.05) is 17.3 Å². The highest BCUT2D eigenvalue weighted by molar-refractivity contribution is 6.32. The maximum atomic E-state index is 14.4. The number of ether oxygens (including phenoxy) is 1. The van der Waals surface area contributed by atoms with E-state index in [0.717, 1.165) is 17.0 Å². The van der Waals surface area contributed by atoms with Crippen LogP contribution in [0.25, 0.3) is 22.5 Å². The molecule has 1 amide bonds. The van der Waals surface area contributed by atoms with Crippen molar-refractivity contribution in [2.24, 2.45) is 5.73 Å². The average molecular weight is 698 g/mol. The molecule has 0 bridgehead atoms. The highest BCUT2D eigenvalue weighted by atomic mass is 35.5. The number of carbonyl (C=O) groups is 1. The molecule has 6 rings (SSSR count). The van der Waals surface area contributed by atoms with E-state index in [9.17, 15) is 18.0 Å². The van der Waals surface area contributed by atoms with Gasteiger partial charge in [-0.05, 0) is 73.2 Å². The Labute approximate surface area is 289 Å². The molecule has 0 aliphatic heterocycles. The Morgan fingerprint density at radius 3 is 2.32 bits per heavy atom. The van der Waals surface area contributed by atoms with Crippen LogP contribution >= 0.6 is 11.6 Å². The SMILES string of the molecule is CNc1cc(-c2cccnc2Oc2cc(C(=O)N(c3cccc(C(F)(F)F)c3)C(N)c3cc(-c4cccnc4Cl)ncn3)ccc2C)ncn1. The van der Waals surface area contributed by atoms with Gasteiger partial charge in [0.1, 0.15) is 35.5 Å². The molecule has 0 radical (unpaired) electrons. The summed E-state index contributed by atoms with van der Waals surface area (Å²) in [4.78, 5) is 40.9. The molecule has 0 saturated carbocycles. The lowest BCUT2D eigenvalue weighted by Gasteiger charge is -2.30. The molecule has 15 heteroatoms. The van der Waals surface area contributed by atoms with Crippen LogP contribution in [0, 0.1) is 6.92 Å². The van der Waals surface area contributed by atoms with Gasteiger partial charge in [0.05, 0.1) is 28.2 Å². The minimum atomic E-state index is -4.68. The lowest BCUT2D eigenvalue weighted by atomic mass is 10.1. The first-order chi connectivity index (χ1) is 24.0. The smallest absolute Gasteiger partial charge is 0.416 e. The third kappa shape index (κ3) is 7.21. The van der Waals surface area contributed by atoms with Crippen molar-refractivity contribution in [3.05, 3.63) is 131 Å². The fourth-order valence-electron chi connectivity index (χ4n) is 5.02. The summed E-state index contributed by atoms with van der Waals surface area (Å²) in [5.41, 5.74) is 8.37. The van der Waals surface area contributed by atoms with Gasteiger partial charge >= 0.3 is 6.18 Å². The second kappa shape index (κ2) is 14.2. The van der Waals surface area contributed by atoms with Gasteiger partial charge in [-0.25, -0.2) is 29.9 Å². The Bertz CT molecular complexity index is 2180. The number of benzene rings is 2. The van der Waals surface area contributed by atoms with Crippen LogP contribution in [0.5, 0.6) is 11.6 Å². The quantitative estimate of drug-likeness (QED) is 0.115. The first-order valence-corrected chi connectivity index (χ1v) is 15.3. The van der Waals surface area contributed by atoms with Crippen LogP contribution in [-0.2, 0) is 6.18 Å². The molecule has 252 valence electrons. The fraction of sp³-hybridized carbons (Fsp3) is 0.114. The summed E-state index contributed by atoms with van der Waals surface area (Å²) >= 11 is 6.28. The van der Waals surface area contributed by atoms with Crippen LogP contribution in [0.2, 0.25) is 5.15 Å². The number of rotatable bonds is 9. The Morgan fingerprint density at radius 1 is 0.860 bits per heavy atom. The standard InChI is InChI=1S/C35H27ClF3N9O2/c1-20-10-11-21(14-29(20)50-33-25(9-5-13-43-33)27-17-30(41-2)47-19-45-27)34(49)48(23-7-3-6-22(15-23)35(37,38)39)32(40)28-16-26(44-18-46-28)24-8-4-12-42-31(24)36/h3-19,32H,40H2,1-2H3,(H,41,45,47). The van der Waals surface area contributed by atoms with Crippen LogP contribution in [0.4, 0.5) is 24.7 Å². The van der Waals surface area contributed by atoms with Crippen molar-refractivity contribution >= 4 is 29.0 Å². The Hall–Kier alpha value is -5.99. The number of pyridine rings is 2. The van der Waals surface area contributed by atoms with Gasteiger partial charge in [0.25, 0.3) is 5.91 Å². The molecule has 50 heavy (non-hydrogen) atoms. The normalized spacial score (nSPS) is 11.9.